The third-order valence-corrected chi connectivity index (χ3v) is 3.44. The molecule has 0 saturated heterocycles. The molecule has 0 aliphatic heterocycles. The summed E-state index contributed by atoms with van der Waals surface area (Å²) in [6, 6.07) is 2.47. The molecular formula is C11H5Br2N3O5. The van der Waals surface area contributed by atoms with Gasteiger partial charge in [-0.2, -0.15) is 0 Å². The van der Waals surface area contributed by atoms with Gasteiger partial charge in [0, 0.05) is 24.5 Å². The van der Waals surface area contributed by atoms with Gasteiger partial charge < -0.3 is 9.84 Å². The first-order valence-corrected chi connectivity index (χ1v) is 6.84. The van der Waals surface area contributed by atoms with E-state index in [-0.39, 0.29) is 32.0 Å². The second kappa shape index (κ2) is 6.14. The highest BCUT2D eigenvalue weighted by molar-refractivity contribution is 9.11. The maximum atomic E-state index is 11.0. The van der Waals surface area contributed by atoms with Gasteiger partial charge in [0.2, 0.25) is 5.69 Å². The summed E-state index contributed by atoms with van der Waals surface area (Å²) in [5.74, 6) is -1.36. The van der Waals surface area contributed by atoms with Crippen molar-refractivity contribution in [3.63, 3.8) is 0 Å². The number of carboxylic acids is 1. The van der Waals surface area contributed by atoms with Crippen LogP contribution in [0.15, 0.2) is 33.5 Å². The van der Waals surface area contributed by atoms with Crippen LogP contribution in [-0.2, 0) is 0 Å². The normalized spacial score (nSPS) is 10.2. The SMILES string of the molecule is O=C(O)c1nccnc1Oc1c(Br)cc([N+](=O)[O-])cc1Br. The largest absolute Gasteiger partial charge is 0.476 e. The Morgan fingerprint density at radius 2 is 1.81 bits per heavy atom. The average molecular weight is 419 g/mol. The molecule has 2 aromatic rings. The Morgan fingerprint density at radius 1 is 1.24 bits per heavy atom. The molecule has 0 bridgehead atoms. The molecule has 0 aliphatic rings. The van der Waals surface area contributed by atoms with Crippen LogP contribution in [0.4, 0.5) is 5.69 Å². The van der Waals surface area contributed by atoms with Crippen LogP contribution in [0.5, 0.6) is 11.6 Å². The molecule has 0 aliphatic carbocycles. The number of carbonyl (C=O) groups is 1. The molecule has 0 unspecified atom stereocenters. The summed E-state index contributed by atoms with van der Waals surface area (Å²) in [6.45, 7) is 0. The molecule has 10 heteroatoms. The summed E-state index contributed by atoms with van der Waals surface area (Å²) < 4.78 is 5.93. The second-order valence-electron chi connectivity index (χ2n) is 3.61. The van der Waals surface area contributed by atoms with Crippen LogP contribution >= 0.6 is 31.9 Å². The third-order valence-electron chi connectivity index (χ3n) is 2.26. The van der Waals surface area contributed by atoms with Gasteiger partial charge in [-0.1, -0.05) is 0 Å². The summed E-state index contributed by atoms with van der Waals surface area (Å²) in [6.07, 6.45) is 2.49. The van der Waals surface area contributed by atoms with E-state index in [1.54, 1.807) is 0 Å². The lowest BCUT2D eigenvalue weighted by Gasteiger charge is -2.10. The molecule has 0 spiro atoms. The fourth-order valence-electron chi connectivity index (χ4n) is 1.39. The zero-order valence-corrected chi connectivity index (χ0v) is 13.2. The minimum atomic E-state index is -1.30. The van der Waals surface area contributed by atoms with Gasteiger partial charge in [-0.25, -0.2) is 14.8 Å². The summed E-state index contributed by atoms with van der Waals surface area (Å²) in [4.78, 5) is 28.7. The highest BCUT2D eigenvalue weighted by Crippen LogP contribution is 2.39. The van der Waals surface area contributed by atoms with Crippen molar-refractivity contribution in [1.29, 1.82) is 0 Å². The van der Waals surface area contributed by atoms with Crippen LogP contribution in [0.1, 0.15) is 10.5 Å². The van der Waals surface area contributed by atoms with Gasteiger partial charge >= 0.3 is 5.97 Å². The first-order valence-electron chi connectivity index (χ1n) is 5.25. The molecule has 1 aromatic heterocycles. The number of carboxylic acid groups (broad SMARTS) is 1. The van der Waals surface area contributed by atoms with Crippen LogP contribution in [0.3, 0.4) is 0 Å². The van der Waals surface area contributed by atoms with Gasteiger partial charge in [0.15, 0.2) is 5.75 Å². The van der Waals surface area contributed by atoms with Crippen molar-refractivity contribution in [2.24, 2.45) is 0 Å². The van der Waals surface area contributed by atoms with Crippen molar-refractivity contribution in [1.82, 2.24) is 9.97 Å². The summed E-state index contributed by atoms with van der Waals surface area (Å²) >= 11 is 6.26. The van der Waals surface area contributed by atoms with E-state index in [0.717, 1.165) is 0 Å². The van der Waals surface area contributed by atoms with E-state index in [4.69, 9.17) is 9.84 Å². The lowest BCUT2D eigenvalue weighted by molar-refractivity contribution is -0.385. The van der Waals surface area contributed by atoms with E-state index in [0.29, 0.717) is 0 Å². The number of nitro benzene ring substituents is 1. The summed E-state index contributed by atoms with van der Waals surface area (Å²) in [5, 5.41) is 19.7. The van der Waals surface area contributed by atoms with Crippen molar-refractivity contribution in [2.45, 2.75) is 0 Å². The average Bonchev–Trinajstić information content (AvgIpc) is 2.42. The Kier molecular flexibility index (Phi) is 4.48. The summed E-state index contributed by atoms with van der Waals surface area (Å²) in [7, 11) is 0. The topological polar surface area (TPSA) is 115 Å². The maximum absolute atomic E-state index is 11.0. The van der Waals surface area contributed by atoms with Crippen molar-refractivity contribution in [2.75, 3.05) is 0 Å². The molecule has 0 amide bonds. The molecule has 0 atom stereocenters. The number of halogens is 2. The monoisotopic (exact) mass is 417 g/mol. The lowest BCUT2D eigenvalue weighted by Crippen LogP contribution is -2.05. The van der Waals surface area contributed by atoms with Gasteiger partial charge in [-0.15, -0.1) is 0 Å². The first-order chi connectivity index (χ1) is 9.90. The van der Waals surface area contributed by atoms with E-state index in [1.165, 1.54) is 24.5 Å². The van der Waals surface area contributed by atoms with Crippen LogP contribution < -0.4 is 4.74 Å². The Hall–Kier alpha value is -2.07. The summed E-state index contributed by atoms with van der Waals surface area (Å²) in [5.41, 5.74) is -0.520. The van der Waals surface area contributed by atoms with Gasteiger partial charge in [0.1, 0.15) is 0 Å². The third kappa shape index (κ3) is 3.34. The van der Waals surface area contributed by atoms with E-state index in [1.807, 2.05) is 0 Å². The van der Waals surface area contributed by atoms with Crippen LogP contribution in [0.25, 0.3) is 0 Å². The predicted molar refractivity (Wildman–Crippen MR) is 77.6 cm³/mol. The second-order valence-corrected chi connectivity index (χ2v) is 5.32. The number of aromatic carboxylic acids is 1. The number of hydrogen-bond acceptors (Lipinski definition) is 6. The number of nitrogens with zero attached hydrogens (tertiary/aromatic N) is 3. The lowest BCUT2D eigenvalue weighted by atomic mass is 10.3. The fourth-order valence-corrected chi connectivity index (χ4v) is 2.72. The van der Waals surface area contributed by atoms with Crippen LogP contribution in [0.2, 0.25) is 0 Å². The van der Waals surface area contributed by atoms with Gasteiger partial charge in [0.05, 0.1) is 13.9 Å². The van der Waals surface area contributed by atoms with Gasteiger partial charge in [0.25, 0.3) is 11.6 Å². The number of hydrogen-bond donors (Lipinski definition) is 1. The Balaban J connectivity index is 2.46. The van der Waals surface area contributed by atoms with E-state index < -0.39 is 10.9 Å². The van der Waals surface area contributed by atoms with Crippen LogP contribution in [0, 0.1) is 10.1 Å². The minimum absolute atomic E-state index is 0.154. The van der Waals surface area contributed by atoms with E-state index in [2.05, 4.69) is 41.8 Å². The van der Waals surface area contributed by atoms with Crippen LogP contribution in [-0.4, -0.2) is 26.0 Å². The number of ether oxygens (including phenoxy) is 1. The molecule has 0 fully saturated rings. The van der Waals surface area contributed by atoms with Crippen molar-refractivity contribution in [3.8, 4) is 11.6 Å². The van der Waals surface area contributed by atoms with Gasteiger partial charge in [-0.3, -0.25) is 10.1 Å². The van der Waals surface area contributed by atoms with E-state index >= 15 is 0 Å². The smallest absolute Gasteiger partial charge is 0.360 e. The minimum Gasteiger partial charge on any atom is -0.476 e. The molecule has 0 saturated carbocycles. The maximum Gasteiger partial charge on any atom is 0.360 e. The number of nitro groups is 1. The number of rotatable bonds is 4. The van der Waals surface area contributed by atoms with Crippen molar-refractivity contribution in [3.05, 3.63) is 49.3 Å². The fraction of sp³-hybridized carbons (Fsp3) is 0. The highest BCUT2D eigenvalue weighted by Gasteiger charge is 2.20. The quantitative estimate of drug-likeness (QED) is 0.597. The first kappa shape index (κ1) is 15.3. The van der Waals surface area contributed by atoms with E-state index in [9.17, 15) is 14.9 Å². The van der Waals surface area contributed by atoms with Crippen molar-refractivity contribution < 1.29 is 19.6 Å². The highest BCUT2D eigenvalue weighted by atomic mass is 79.9. The number of aromatic nitrogens is 2. The van der Waals surface area contributed by atoms with Gasteiger partial charge in [-0.05, 0) is 31.9 Å². The predicted octanol–water partition coefficient (Wildman–Crippen LogP) is 3.40. The molecule has 8 nitrogen and oxygen atoms in total. The number of benzene rings is 1. The molecule has 0 radical (unpaired) electrons. The molecule has 1 heterocycles. The number of non-ortho nitro benzene ring substituents is 1. The molecule has 1 N–H and O–H groups in total. The molecular weight excluding hydrogens is 414 g/mol. The zero-order valence-electron chi connectivity index (χ0n) is 9.99. The Labute approximate surface area is 134 Å². The molecule has 2 rings (SSSR count). The zero-order chi connectivity index (χ0) is 15.6. The molecule has 1 aromatic carbocycles. The standard InChI is InChI=1S/C11H5Br2N3O5/c12-6-3-5(16(19)20)4-7(13)9(6)21-10-8(11(17)18)14-1-2-15-10/h1-4H,(H,17,18). The Morgan fingerprint density at radius 3 is 2.33 bits per heavy atom. The Bertz CT molecular complexity index is 715. The van der Waals surface area contributed by atoms with Crippen molar-refractivity contribution >= 4 is 43.5 Å². The molecule has 21 heavy (non-hydrogen) atoms. The molecule has 108 valence electrons.